The highest BCUT2D eigenvalue weighted by atomic mass is 16.5. The lowest BCUT2D eigenvalue weighted by Crippen LogP contribution is -2.33. The Hall–Kier alpha value is -0.160. The van der Waals surface area contributed by atoms with Gasteiger partial charge in [-0.15, -0.1) is 0 Å². The zero-order valence-corrected chi connectivity index (χ0v) is 13.5. The van der Waals surface area contributed by atoms with E-state index in [1.165, 1.54) is 0 Å². The maximum absolute atomic E-state index is 6.04. The summed E-state index contributed by atoms with van der Waals surface area (Å²) in [6.45, 7) is 11.4. The van der Waals surface area contributed by atoms with E-state index in [1.54, 1.807) is 7.11 Å². The molecule has 0 radical (unpaired) electrons. The Bertz CT molecular complexity index is 221. The molecule has 0 aromatic heterocycles. The van der Waals surface area contributed by atoms with Crippen LogP contribution in [0.25, 0.3) is 0 Å². The zero-order chi connectivity index (χ0) is 14.8. The molecule has 2 N–H and O–H groups in total. The summed E-state index contributed by atoms with van der Waals surface area (Å²) in [5.41, 5.74) is 5.22. The van der Waals surface area contributed by atoms with Gasteiger partial charge in [0.2, 0.25) is 0 Å². The van der Waals surface area contributed by atoms with Crippen molar-refractivity contribution in [3.05, 3.63) is 0 Å². The van der Waals surface area contributed by atoms with Gasteiger partial charge in [0.05, 0.1) is 17.8 Å². The van der Waals surface area contributed by atoms with E-state index in [4.69, 9.17) is 19.9 Å². The number of ether oxygens (including phenoxy) is 3. The molecule has 0 amide bonds. The van der Waals surface area contributed by atoms with E-state index in [2.05, 4.69) is 27.7 Å². The average molecular weight is 275 g/mol. The van der Waals surface area contributed by atoms with Crippen molar-refractivity contribution in [2.75, 3.05) is 33.5 Å². The van der Waals surface area contributed by atoms with E-state index in [1.807, 2.05) is 0 Å². The highest BCUT2D eigenvalue weighted by molar-refractivity contribution is 4.75. The Morgan fingerprint density at radius 2 is 1.63 bits per heavy atom. The van der Waals surface area contributed by atoms with Crippen molar-refractivity contribution in [1.82, 2.24) is 0 Å². The van der Waals surface area contributed by atoms with Crippen LogP contribution in [0.1, 0.15) is 53.4 Å². The fourth-order valence-electron chi connectivity index (χ4n) is 1.72. The Balaban J connectivity index is 3.96. The first-order chi connectivity index (χ1) is 8.89. The average Bonchev–Trinajstić information content (AvgIpc) is 2.36. The van der Waals surface area contributed by atoms with Crippen LogP contribution < -0.4 is 5.73 Å². The summed E-state index contributed by atoms with van der Waals surface area (Å²) in [4.78, 5) is 0. The topological polar surface area (TPSA) is 53.7 Å². The third-order valence-corrected chi connectivity index (χ3v) is 3.58. The van der Waals surface area contributed by atoms with Gasteiger partial charge in [-0.3, -0.25) is 0 Å². The third kappa shape index (κ3) is 9.38. The Morgan fingerprint density at radius 3 is 2.16 bits per heavy atom. The molecule has 0 aromatic rings. The Morgan fingerprint density at radius 1 is 0.947 bits per heavy atom. The molecule has 0 saturated heterocycles. The molecule has 0 bridgehead atoms. The second-order valence-corrected chi connectivity index (χ2v) is 5.90. The molecule has 0 heterocycles. The molecule has 0 spiro atoms. The highest BCUT2D eigenvalue weighted by Crippen LogP contribution is 2.22. The van der Waals surface area contributed by atoms with Crippen molar-refractivity contribution in [1.29, 1.82) is 0 Å². The molecule has 116 valence electrons. The maximum atomic E-state index is 6.04. The van der Waals surface area contributed by atoms with Crippen LogP contribution >= 0.6 is 0 Å². The minimum atomic E-state index is -0.148. The van der Waals surface area contributed by atoms with Gasteiger partial charge in [-0.2, -0.15) is 0 Å². The van der Waals surface area contributed by atoms with Gasteiger partial charge >= 0.3 is 0 Å². The van der Waals surface area contributed by atoms with E-state index in [-0.39, 0.29) is 11.2 Å². The second-order valence-electron chi connectivity index (χ2n) is 5.90. The lowest BCUT2D eigenvalue weighted by molar-refractivity contribution is -0.0875. The maximum Gasteiger partial charge on any atom is 0.0673 e. The van der Waals surface area contributed by atoms with Crippen molar-refractivity contribution in [2.24, 2.45) is 5.73 Å². The van der Waals surface area contributed by atoms with Gasteiger partial charge in [0.15, 0.2) is 0 Å². The molecule has 0 aliphatic heterocycles. The summed E-state index contributed by atoms with van der Waals surface area (Å²) in [6.07, 6.45) is 3.71. The van der Waals surface area contributed by atoms with Crippen molar-refractivity contribution < 1.29 is 14.2 Å². The normalized spacial score (nSPS) is 15.5. The van der Waals surface area contributed by atoms with E-state index < -0.39 is 0 Å². The van der Waals surface area contributed by atoms with Crippen molar-refractivity contribution >= 4 is 0 Å². The molecule has 0 aliphatic rings. The molecular weight excluding hydrogens is 242 g/mol. The zero-order valence-electron chi connectivity index (χ0n) is 13.5. The summed E-state index contributed by atoms with van der Waals surface area (Å²) < 4.78 is 17.0. The largest absolute Gasteiger partial charge is 0.385 e. The van der Waals surface area contributed by atoms with Crippen molar-refractivity contribution in [2.45, 2.75) is 64.6 Å². The first-order valence-corrected chi connectivity index (χ1v) is 7.36. The van der Waals surface area contributed by atoms with Crippen LogP contribution in [0.15, 0.2) is 0 Å². The molecule has 0 rings (SSSR count). The lowest BCUT2D eigenvalue weighted by Gasteiger charge is -2.31. The van der Waals surface area contributed by atoms with Crippen LogP contribution in [0.3, 0.4) is 0 Å². The first kappa shape index (κ1) is 18.8. The van der Waals surface area contributed by atoms with E-state index in [0.717, 1.165) is 38.9 Å². The predicted octanol–water partition coefficient (Wildman–Crippen LogP) is 2.74. The van der Waals surface area contributed by atoms with Crippen LogP contribution in [0, 0.1) is 0 Å². The van der Waals surface area contributed by atoms with E-state index >= 15 is 0 Å². The predicted molar refractivity (Wildman–Crippen MR) is 79.5 cm³/mol. The molecule has 0 aliphatic carbocycles. The van der Waals surface area contributed by atoms with Crippen molar-refractivity contribution in [3.63, 3.8) is 0 Å². The minimum absolute atomic E-state index is 0.0939. The molecule has 1 atom stereocenters. The summed E-state index contributed by atoms with van der Waals surface area (Å²) >= 11 is 0. The number of methoxy groups -OCH3 is 1. The van der Waals surface area contributed by atoms with Gasteiger partial charge in [0, 0.05) is 20.3 Å². The third-order valence-electron chi connectivity index (χ3n) is 3.58. The molecule has 4 nitrogen and oxygen atoms in total. The van der Waals surface area contributed by atoms with Crippen LogP contribution in [0.5, 0.6) is 0 Å². The minimum Gasteiger partial charge on any atom is -0.385 e. The van der Waals surface area contributed by atoms with Crippen LogP contribution in [-0.2, 0) is 14.2 Å². The quantitative estimate of drug-likeness (QED) is 0.556. The Kier molecular flexibility index (Phi) is 9.62. The fraction of sp³-hybridized carbons (Fsp3) is 1.00. The van der Waals surface area contributed by atoms with Gasteiger partial charge in [0.25, 0.3) is 0 Å². The molecular formula is C15H33NO3. The number of rotatable bonds is 12. The second kappa shape index (κ2) is 9.70. The Labute approximate surface area is 119 Å². The molecule has 19 heavy (non-hydrogen) atoms. The summed E-state index contributed by atoms with van der Waals surface area (Å²) in [5.74, 6) is 0. The molecule has 0 fully saturated rings. The molecule has 0 aromatic carbocycles. The van der Waals surface area contributed by atoms with Gasteiger partial charge < -0.3 is 19.9 Å². The SMILES string of the molecule is CCC(C)(CCOC)OCCC(C)(C)OCCCN. The molecule has 0 saturated carbocycles. The van der Waals surface area contributed by atoms with E-state index in [9.17, 15) is 0 Å². The van der Waals surface area contributed by atoms with Gasteiger partial charge in [-0.25, -0.2) is 0 Å². The van der Waals surface area contributed by atoms with E-state index in [0.29, 0.717) is 13.2 Å². The fourth-order valence-corrected chi connectivity index (χ4v) is 1.72. The van der Waals surface area contributed by atoms with Crippen LogP contribution in [-0.4, -0.2) is 44.7 Å². The standard InChI is InChI=1S/C15H33NO3/c1-6-15(4,9-12-17-5)19-13-8-14(2,3)18-11-7-10-16/h6-13,16H2,1-5H3. The van der Waals surface area contributed by atoms with Crippen LogP contribution in [0.4, 0.5) is 0 Å². The summed E-state index contributed by atoms with van der Waals surface area (Å²) in [5, 5.41) is 0. The number of hydrogen-bond donors (Lipinski definition) is 1. The molecule has 1 unspecified atom stereocenters. The van der Waals surface area contributed by atoms with Gasteiger partial charge in [-0.05, 0) is 53.0 Å². The van der Waals surface area contributed by atoms with Crippen molar-refractivity contribution in [3.8, 4) is 0 Å². The van der Waals surface area contributed by atoms with Gasteiger partial charge in [-0.1, -0.05) is 6.92 Å². The molecule has 4 heteroatoms. The number of nitrogens with two attached hydrogens (primary N) is 1. The summed E-state index contributed by atoms with van der Waals surface area (Å²) in [6, 6.07) is 0. The summed E-state index contributed by atoms with van der Waals surface area (Å²) in [7, 11) is 1.73. The van der Waals surface area contributed by atoms with Crippen LogP contribution in [0.2, 0.25) is 0 Å². The monoisotopic (exact) mass is 275 g/mol. The van der Waals surface area contributed by atoms with Gasteiger partial charge in [0.1, 0.15) is 0 Å². The highest BCUT2D eigenvalue weighted by Gasteiger charge is 2.24. The smallest absolute Gasteiger partial charge is 0.0673 e. The first-order valence-electron chi connectivity index (χ1n) is 7.36. The lowest BCUT2D eigenvalue weighted by atomic mass is 9.99. The number of hydrogen-bond acceptors (Lipinski definition) is 4.